The van der Waals surface area contributed by atoms with E-state index in [0.29, 0.717) is 5.69 Å². The van der Waals surface area contributed by atoms with E-state index in [4.69, 9.17) is 5.11 Å². The van der Waals surface area contributed by atoms with Crippen LogP contribution in [0.5, 0.6) is 0 Å². The molecule has 0 heterocycles. The summed E-state index contributed by atoms with van der Waals surface area (Å²) in [5, 5.41) is 20.1. The zero-order valence-corrected chi connectivity index (χ0v) is 12.5. The Labute approximate surface area is 121 Å². The third-order valence-electron chi connectivity index (χ3n) is 3.20. The molecule has 0 amide bonds. The first-order valence-electron chi connectivity index (χ1n) is 6.12. The van der Waals surface area contributed by atoms with Crippen molar-refractivity contribution in [3.8, 4) is 0 Å². The fourth-order valence-corrected chi connectivity index (χ4v) is 2.39. The van der Waals surface area contributed by atoms with E-state index in [1.54, 1.807) is 23.7 Å². The van der Waals surface area contributed by atoms with Crippen LogP contribution in [0.4, 0.5) is 11.4 Å². The van der Waals surface area contributed by atoms with Crippen molar-refractivity contribution >= 4 is 29.1 Å². The molecule has 6 nitrogen and oxygen atoms in total. The van der Waals surface area contributed by atoms with Crippen molar-refractivity contribution in [1.82, 2.24) is 0 Å². The van der Waals surface area contributed by atoms with Gasteiger partial charge in [0.05, 0.1) is 10.5 Å². The van der Waals surface area contributed by atoms with Gasteiger partial charge in [0.15, 0.2) is 0 Å². The summed E-state index contributed by atoms with van der Waals surface area (Å²) >= 11 is 1.71. The van der Waals surface area contributed by atoms with Gasteiger partial charge in [-0.05, 0) is 37.5 Å². The molecule has 20 heavy (non-hydrogen) atoms. The average molecular weight is 298 g/mol. The third-order valence-corrected chi connectivity index (χ3v) is 3.84. The highest BCUT2D eigenvalue weighted by molar-refractivity contribution is 7.98. The Morgan fingerprint density at radius 3 is 2.70 bits per heavy atom. The van der Waals surface area contributed by atoms with Crippen LogP contribution in [-0.2, 0) is 0 Å². The van der Waals surface area contributed by atoms with Gasteiger partial charge >= 0.3 is 5.97 Å². The van der Waals surface area contributed by atoms with Crippen molar-refractivity contribution in [3.05, 3.63) is 33.9 Å². The van der Waals surface area contributed by atoms with Gasteiger partial charge in [-0.3, -0.25) is 10.1 Å². The molecule has 0 saturated heterocycles. The highest BCUT2D eigenvalue weighted by Crippen LogP contribution is 2.30. The van der Waals surface area contributed by atoms with Crippen molar-refractivity contribution in [3.63, 3.8) is 0 Å². The fraction of sp³-hybridized carbons (Fsp3) is 0.462. The van der Waals surface area contributed by atoms with Gasteiger partial charge in [0.25, 0.3) is 5.69 Å². The molecule has 0 fully saturated rings. The van der Waals surface area contributed by atoms with Gasteiger partial charge in [-0.25, -0.2) is 4.79 Å². The van der Waals surface area contributed by atoms with Crippen LogP contribution in [-0.4, -0.2) is 41.1 Å². The summed E-state index contributed by atoms with van der Waals surface area (Å²) in [6.45, 7) is 1.97. The molecule has 0 bridgehead atoms. The van der Waals surface area contributed by atoms with E-state index < -0.39 is 10.9 Å². The highest BCUT2D eigenvalue weighted by atomic mass is 32.2. The molecule has 1 aromatic rings. The number of benzene rings is 1. The molecule has 0 aliphatic heterocycles. The largest absolute Gasteiger partial charge is 0.478 e. The van der Waals surface area contributed by atoms with Crippen LogP contribution in [0.3, 0.4) is 0 Å². The maximum atomic E-state index is 11.1. The molecule has 0 spiro atoms. The molecule has 0 aliphatic rings. The number of nitro groups is 1. The molecule has 1 rings (SSSR count). The first-order chi connectivity index (χ1) is 9.38. The smallest absolute Gasteiger partial charge is 0.335 e. The lowest BCUT2D eigenvalue weighted by Crippen LogP contribution is -2.30. The molecule has 0 aliphatic carbocycles. The normalized spacial score (nSPS) is 11.9. The van der Waals surface area contributed by atoms with E-state index in [2.05, 4.69) is 0 Å². The van der Waals surface area contributed by atoms with E-state index in [0.717, 1.165) is 12.2 Å². The number of carboxylic acid groups (broad SMARTS) is 1. The lowest BCUT2D eigenvalue weighted by Gasteiger charge is -2.26. The topological polar surface area (TPSA) is 83.7 Å². The number of carboxylic acids is 1. The van der Waals surface area contributed by atoms with Crippen molar-refractivity contribution in [2.24, 2.45) is 0 Å². The molecular formula is C13H18N2O4S. The Bertz CT molecular complexity index is 507. The summed E-state index contributed by atoms with van der Waals surface area (Å²) in [6, 6.07) is 3.95. The van der Waals surface area contributed by atoms with Crippen LogP contribution in [0.1, 0.15) is 23.7 Å². The predicted molar refractivity (Wildman–Crippen MR) is 80.9 cm³/mol. The van der Waals surface area contributed by atoms with Crippen LogP contribution >= 0.6 is 11.8 Å². The zero-order valence-electron chi connectivity index (χ0n) is 11.7. The standard InChI is InChI=1S/C13H18N2O4S/c1-9(6-7-20-3)14(2)12-8-10(13(16)17)4-5-11(12)15(18)19/h4-5,8-9H,6-7H2,1-3H3,(H,16,17). The molecule has 7 heteroatoms. The Hall–Kier alpha value is -1.76. The number of nitrogens with zero attached hydrogens (tertiary/aromatic N) is 2. The first kappa shape index (κ1) is 16.3. The van der Waals surface area contributed by atoms with E-state index in [-0.39, 0.29) is 17.3 Å². The predicted octanol–water partition coefficient (Wildman–Crippen LogP) is 2.87. The second-order valence-corrected chi connectivity index (χ2v) is 5.49. The number of rotatable bonds is 7. The van der Waals surface area contributed by atoms with Crippen LogP contribution in [0, 0.1) is 10.1 Å². The van der Waals surface area contributed by atoms with Crippen molar-refractivity contribution < 1.29 is 14.8 Å². The average Bonchev–Trinajstić information content (AvgIpc) is 2.42. The minimum atomic E-state index is -1.09. The van der Waals surface area contributed by atoms with E-state index in [1.165, 1.54) is 18.2 Å². The van der Waals surface area contributed by atoms with Gasteiger partial charge in [0, 0.05) is 19.2 Å². The van der Waals surface area contributed by atoms with Gasteiger partial charge in [0.1, 0.15) is 5.69 Å². The zero-order chi connectivity index (χ0) is 15.3. The molecule has 1 aromatic carbocycles. The number of aromatic carboxylic acids is 1. The molecular weight excluding hydrogens is 280 g/mol. The summed E-state index contributed by atoms with van der Waals surface area (Å²) in [5.41, 5.74) is 0.312. The van der Waals surface area contributed by atoms with E-state index in [9.17, 15) is 14.9 Å². The fourth-order valence-electron chi connectivity index (χ4n) is 1.81. The molecule has 1 unspecified atom stereocenters. The minimum Gasteiger partial charge on any atom is -0.478 e. The quantitative estimate of drug-likeness (QED) is 0.615. The van der Waals surface area contributed by atoms with Gasteiger partial charge in [-0.2, -0.15) is 11.8 Å². The second-order valence-electron chi connectivity index (χ2n) is 4.51. The number of anilines is 1. The first-order valence-corrected chi connectivity index (χ1v) is 7.51. The van der Waals surface area contributed by atoms with Crippen LogP contribution in [0.15, 0.2) is 18.2 Å². The van der Waals surface area contributed by atoms with Gasteiger partial charge in [-0.15, -0.1) is 0 Å². The molecule has 1 N–H and O–H groups in total. The van der Waals surface area contributed by atoms with E-state index in [1.807, 2.05) is 13.2 Å². The Balaban J connectivity index is 3.14. The monoisotopic (exact) mass is 298 g/mol. The molecule has 0 radical (unpaired) electrons. The van der Waals surface area contributed by atoms with Gasteiger partial charge in [0.2, 0.25) is 0 Å². The maximum absolute atomic E-state index is 11.1. The number of hydrogen-bond donors (Lipinski definition) is 1. The molecule has 1 atom stereocenters. The van der Waals surface area contributed by atoms with Crippen molar-refractivity contribution in [2.45, 2.75) is 19.4 Å². The Morgan fingerprint density at radius 2 is 2.20 bits per heavy atom. The van der Waals surface area contributed by atoms with Crippen LogP contribution in [0.25, 0.3) is 0 Å². The number of hydrogen-bond acceptors (Lipinski definition) is 5. The Kier molecular flexibility index (Phi) is 5.82. The summed E-state index contributed by atoms with van der Waals surface area (Å²) in [5.74, 6) is -0.149. The summed E-state index contributed by atoms with van der Waals surface area (Å²) in [4.78, 5) is 23.4. The summed E-state index contributed by atoms with van der Waals surface area (Å²) < 4.78 is 0. The number of carbonyl (C=O) groups is 1. The van der Waals surface area contributed by atoms with Crippen LogP contribution in [0.2, 0.25) is 0 Å². The van der Waals surface area contributed by atoms with Crippen molar-refractivity contribution in [2.75, 3.05) is 24.0 Å². The minimum absolute atomic E-state index is 0.0505. The summed E-state index contributed by atoms with van der Waals surface area (Å²) in [6.07, 6.45) is 2.87. The molecule has 0 saturated carbocycles. The molecule has 110 valence electrons. The summed E-state index contributed by atoms with van der Waals surface area (Å²) in [7, 11) is 1.75. The van der Waals surface area contributed by atoms with Gasteiger partial charge in [-0.1, -0.05) is 0 Å². The number of thioether (sulfide) groups is 1. The number of nitro benzene ring substituents is 1. The highest BCUT2D eigenvalue weighted by Gasteiger charge is 2.22. The van der Waals surface area contributed by atoms with Gasteiger partial charge < -0.3 is 10.0 Å². The lowest BCUT2D eigenvalue weighted by atomic mass is 10.1. The SMILES string of the molecule is CSCCC(C)N(C)c1cc(C(=O)O)ccc1[N+](=O)[O-]. The lowest BCUT2D eigenvalue weighted by molar-refractivity contribution is -0.384. The maximum Gasteiger partial charge on any atom is 0.335 e. The second kappa shape index (κ2) is 7.14. The van der Waals surface area contributed by atoms with Crippen molar-refractivity contribution in [1.29, 1.82) is 0 Å². The third kappa shape index (κ3) is 3.86. The van der Waals surface area contributed by atoms with Crippen LogP contribution < -0.4 is 4.90 Å². The van der Waals surface area contributed by atoms with E-state index >= 15 is 0 Å². The Morgan fingerprint density at radius 1 is 1.55 bits per heavy atom. The molecule has 0 aromatic heterocycles.